The Labute approximate surface area is 224 Å². The molecule has 1 aliphatic rings. The van der Waals surface area contributed by atoms with Gasteiger partial charge in [0.1, 0.15) is 5.75 Å². The monoisotopic (exact) mass is 525 g/mol. The molecule has 1 unspecified atom stereocenters. The van der Waals surface area contributed by atoms with Crippen molar-refractivity contribution in [1.29, 1.82) is 0 Å². The smallest absolute Gasteiger partial charge is 0.242 e. The summed E-state index contributed by atoms with van der Waals surface area (Å²) in [6.45, 7) is 3.22. The van der Waals surface area contributed by atoms with Gasteiger partial charge >= 0.3 is 0 Å². The number of carbonyl (C=O) groups is 1. The fourth-order valence-electron chi connectivity index (χ4n) is 4.64. The highest BCUT2D eigenvalue weighted by atomic mass is 35.5. The highest BCUT2D eigenvalue weighted by molar-refractivity contribution is 6.42. The predicted molar refractivity (Wildman–Crippen MR) is 149 cm³/mol. The number of nitrogens with zero attached hydrogens (tertiary/aromatic N) is 3. The Bertz CT molecular complexity index is 1160. The van der Waals surface area contributed by atoms with Gasteiger partial charge in [0.15, 0.2) is 0 Å². The zero-order valence-electron chi connectivity index (χ0n) is 21.1. The fourth-order valence-corrected chi connectivity index (χ4v) is 4.94. The van der Waals surface area contributed by atoms with E-state index >= 15 is 0 Å². The van der Waals surface area contributed by atoms with Crippen molar-refractivity contribution in [2.24, 2.45) is 0 Å². The van der Waals surface area contributed by atoms with Crippen molar-refractivity contribution in [3.63, 3.8) is 0 Å². The van der Waals surface area contributed by atoms with E-state index in [0.717, 1.165) is 47.8 Å². The van der Waals surface area contributed by atoms with Crippen molar-refractivity contribution in [3.8, 4) is 16.9 Å². The summed E-state index contributed by atoms with van der Waals surface area (Å²) < 4.78 is 5.28. The molecule has 1 fully saturated rings. The van der Waals surface area contributed by atoms with E-state index in [2.05, 4.69) is 41.3 Å². The van der Waals surface area contributed by atoms with Crippen LogP contribution in [-0.2, 0) is 4.79 Å². The molecule has 190 valence electrons. The molecular weight excluding hydrogens is 493 g/mol. The zero-order chi connectivity index (χ0) is 25.7. The van der Waals surface area contributed by atoms with Gasteiger partial charge in [0, 0.05) is 26.3 Å². The predicted octanol–water partition coefficient (Wildman–Crippen LogP) is 6.40. The van der Waals surface area contributed by atoms with Gasteiger partial charge < -0.3 is 19.4 Å². The normalized spacial score (nSPS) is 14.5. The lowest BCUT2D eigenvalue weighted by Crippen LogP contribution is -2.42. The van der Waals surface area contributed by atoms with Crippen molar-refractivity contribution in [1.82, 2.24) is 9.80 Å². The number of benzene rings is 3. The molecule has 1 heterocycles. The number of amides is 1. The standard InChI is InChI=1S/C29H33Cl2N3O2/c1-32(24-12-15-26(30)27(31)18-24)20-29(35)33(2)28(19-34-16-4-5-17-34)23-8-6-21(7-9-23)22-10-13-25(36-3)14-11-22/h6-15,18,28H,4-5,16-17,19-20H2,1-3H3. The van der Waals surface area contributed by atoms with Crippen molar-refractivity contribution in [2.75, 3.05) is 52.3 Å². The minimum Gasteiger partial charge on any atom is -0.497 e. The van der Waals surface area contributed by atoms with Gasteiger partial charge in [-0.05, 0) is 73.0 Å². The largest absolute Gasteiger partial charge is 0.497 e. The molecule has 0 aromatic heterocycles. The highest BCUT2D eigenvalue weighted by Gasteiger charge is 2.26. The van der Waals surface area contributed by atoms with E-state index in [-0.39, 0.29) is 18.5 Å². The van der Waals surface area contributed by atoms with Crippen LogP contribution in [0.25, 0.3) is 11.1 Å². The number of methoxy groups -OCH3 is 1. The number of halogens is 2. The van der Waals surface area contributed by atoms with Gasteiger partial charge in [-0.1, -0.05) is 59.6 Å². The summed E-state index contributed by atoms with van der Waals surface area (Å²) in [5, 5.41) is 0.978. The van der Waals surface area contributed by atoms with Gasteiger partial charge in [-0.2, -0.15) is 0 Å². The van der Waals surface area contributed by atoms with Crippen LogP contribution < -0.4 is 9.64 Å². The van der Waals surface area contributed by atoms with Gasteiger partial charge in [0.2, 0.25) is 5.91 Å². The van der Waals surface area contributed by atoms with Gasteiger partial charge in [-0.3, -0.25) is 4.79 Å². The first-order valence-corrected chi connectivity index (χ1v) is 13.0. The van der Waals surface area contributed by atoms with Crippen molar-refractivity contribution in [3.05, 3.63) is 82.3 Å². The van der Waals surface area contributed by atoms with Crippen LogP contribution in [0.4, 0.5) is 5.69 Å². The molecule has 0 N–H and O–H groups in total. The lowest BCUT2D eigenvalue weighted by atomic mass is 9.99. The summed E-state index contributed by atoms with van der Waals surface area (Å²) in [5.74, 6) is 0.888. The molecular formula is C29H33Cl2N3O2. The fraction of sp³-hybridized carbons (Fsp3) is 0.345. The number of likely N-dealkylation sites (tertiary alicyclic amines) is 1. The Kier molecular flexibility index (Phi) is 8.78. The third-order valence-electron chi connectivity index (χ3n) is 6.93. The number of ether oxygens (including phenoxy) is 1. The van der Waals surface area contributed by atoms with Crippen LogP contribution >= 0.6 is 23.2 Å². The van der Waals surface area contributed by atoms with E-state index in [1.807, 2.05) is 42.1 Å². The maximum Gasteiger partial charge on any atom is 0.242 e. The molecule has 3 aromatic carbocycles. The Morgan fingerprint density at radius 3 is 2.11 bits per heavy atom. The second kappa shape index (κ2) is 12.0. The third kappa shape index (κ3) is 6.33. The molecule has 1 amide bonds. The summed E-state index contributed by atoms with van der Waals surface area (Å²) in [6, 6.07) is 22.0. The molecule has 36 heavy (non-hydrogen) atoms. The van der Waals surface area contributed by atoms with Gasteiger partial charge in [0.25, 0.3) is 0 Å². The van der Waals surface area contributed by atoms with Crippen molar-refractivity contribution < 1.29 is 9.53 Å². The van der Waals surface area contributed by atoms with E-state index in [4.69, 9.17) is 27.9 Å². The molecule has 1 atom stereocenters. The van der Waals surface area contributed by atoms with Gasteiger partial charge in [0.05, 0.1) is 29.7 Å². The molecule has 0 saturated carbocycles. The number of hydrogen-bond donors (Lipinski definition) is 0. The Balaban J connectivity index is 1.52. The van der Waals surface area contributed by atoms with Crippen molar-refractivity contribution in [2.45, 2.75) is 18.9 Å². The summed E-state index contributed by atoms with van der Waals surface area (Å²) in [7, 11) is 5.47. The van der Waals surface area contributed by atoms with Crippen LogP contribution in [0.15, 0.2) is 66.7 Å². The van der Waals surface area contributed by atoms with Crippen LogP contribution in [0.2, 0.25) is 10.0 Å². The van der Waals surface area contributed by atoms with Crippen LogP contribution in [0.3, 0.4) is 0 Å². The Hall–Kier alpha value is -2.73. The van der Waals surface area contributed by atoms with E-state index in [0.29, 0.717) is 10.0 Å². The van der Waals surface area contributed by atoms with E-state index in [1.165, 1.54) is 12.8 Å². The quantitative estimate of drug-likeness (QED) is 0.323. The van der Waals surface area contributed by atoms with Crippen LogP contribution in [0.1, 0.15) is 24.4 Å². The topological polar surface area (TPSA) is 36.0 Å². The molecule has 5 nitrogen and oxygen atoms in total. The lowest BCUT2D eigenvalue weighted by Gasteiger charge is -2.33. The number of anilines is 1. The van der Waals surface area contributed by atoms with Crippen LogP contribution in [0, 0.1) is 0 Å². The number of hydrogen-bond acceptors (Lipinski definition) is 4. The maximum atomic E-state index is 13.4. The van der Waals surface area contributed by atoms with E-state index in [1.54, 1.807) is 19.2 Å². The minimum absolute atomic E-state index is 0.0391. The summed E-state index contributed by atoms with van der Waals surface area (Å²) >= 11 is 12.2. The molecule has 0 radical (unpaired) electrons. The highest BCUT2D eigenvalue weighted by Crippen LogP contribution is 2.29. The Morgan fingerprint density at radius 2 is 1.53 bits per heavy atom. The zero-order valence-corrected chi connectivity index (χ0v) is 22.6. The summed E-state index contributed by atoms with van der Waals surface area (Å²) in [6.07, 6.45) is 2.42. The molecule has 0 aliphatic carbocycles. The first-order valence-electron chi connectivity index (χ1n) is 12.2. The molecule has 1 aliphatic heterocycles. The summed E-state index contributed by atoms with van der Waals surface area (Å²) in [5.41, 5.74) is 4.25. The maximum absolute atomic E-state index is 13.4. The SMILES string of the molecule is COc1ccc(-c2ccc(C(CN3CCCC3)N(C)C(=O)CN(C)c3ccc(Cl)c(Cl)c3)cc2)cc1. The molecule has 7 heteroatoms. The Morgan fingerprint density at radius 1 is 0.917 bits per heavy atom. The van der Waals surface area contributed by atoms with E-state index < -0.39 is 0 Å². The third-order valence-corrected chi connectivity index (χ3v) is 7.66. The van der Waals surface area contributed by atoms with Crippen LogP contribution in [0.5, 0.6) is 5.75 Å². The minimum atomic E-state index is -0.0391. The lowest BCUT2D eigenvalue weighted by molar-refractivity contribution is -0.131. The second-order valence-electron chi connectivity index (χ2n) is 9.33. The number of carbonyl (C=O) groups excluding carboxylic acids is 1. The molecule has 4 rings (SSSR count). The average molecular weight is 527 g/mol. The number of likely N-dealkylation sites (N-methyl/N-ethyl adjacent to an activating group) is 2. The average Bonchev–Trinajstić information content (AvgIpc) is 3.42. The summed E-state index contributed by atoms with van der Waals surface area (Å²) in [4.78, 5) is 19.7. The second-order valence-corrected chi connectivity index (χ2v) is 10.1. The van der Waals surface area contributed by atoms with Gasteiger partial charge in [-0.15, -0.1) is 0 Å². The van der Waals surface area contributed by atoms with Gasteiger partial charge in [-0.25, -0.2) is 0 Å². The number of rotatable bonds is 9. The van der Waals surface area contributed by atoms with Crippen molar-refractivity contribution >= 4 is 34.8 Å². The molecule has 1 saturated heterocycles. The first kappa shape index (κ1) is 26.3. The molecule has 0 bridgehead atoms. The first-order chi connectivity index (χ1) is 17.4. The van der Waals surface area contributed by atoms with E-state index in [9.17, 15) is 4.79 Å². The van der Waals surface area contributed by atoms with Crippen LogP contribution in [-0.4, -0.2) is 63.1 Å². The molecule has 0 spiro atoms. The molecule has 3 aromatic rings.